The van der Waals surface area contributed by atoms with Crippen LogP contribution in [0.25, 0.3) is 0 Å². The molecular formula is C18H13F4N5O3. The number of amides is 1. The first-order chi connectivity index (χ1) is 14.2. The Morgan fingerprint density at radius 3 is 2.70 bits per heavy atom. The zero-order chi connectivity index (χ0) is 21.9. The van der Waals surface area contributed by atoms with Gasteiger partial charge < -0.3 is 15.2 Å². The molecule has 12 heteroatoms. The number of nitriles is 1. The second-order valence-corrected chi connectivity index (χ2v) is 6.14. The molecule has 8 nitrogen and oxygen atoms in total. The molecule has 1 aromatic carbocycles. The first kappa shape index (κ1) is 21.0. The molecular weight excluding hydrogens is 410 g/mol. The summed E-state index contributed by atoms with van der Waals surface area (Å²) in [7, 11) is 0. The average molecular weight is 423 g/mol. The van der Waals surface area contributed by atoms with Gasteiger partial charge in [0, 0.05) is 23.9 Å². The minimum Gasteiger partial charge on any atom is -0.391 e. The van der Waals surface area contributed by atoms with Crippen molar-refractivity contribution in [3.8, 4) is 11.9 Å². The first-order valence-corrected chi connectivity index (χ1v) is 8.30. The van der Waals surface area contributed by atoms with Crippen molar-refractivity contribution < 1.29 is 31.8 Å². The lowest BCUT2D eigenvalue weighted by molar-refractivity contribution is -0.0146. The lowest BCUT2D eigenvalue weighted by atomic mass is 9.89. The molecule has 1 amide bonds. The zero-order valence-corrected chi connectivity index (χ0v) is 15.0. The number of anilines is 1. The molecule has 3 N–H and O–H groups in total. The van der Waals surface area contributed by atoms with Crippen molar-refractivity contribution in [2.75, 3.05) is 18.5 Å². The van der Waals surface area contributed by atoms with Gasteiger partial charge in [0.25, 0.3) is 6.43 Å². The van der Waals surface area contributed by atoms with E-state index in [-0.39, 0.29) is 23.9 Å². The van der Waals surface area contributed by atoms with Gasteiger partial charge in [-0.3, -0.25) is 10.3 Å². The minimum absolute atomic E-state index is 0.212. The van der Waals surface area contributed by atoms with E-state index in [9.17, 15) is 22.4 Å². The second-order valence-electron chi connectivity index (χ2n) is 6.14. The number of aromatic nitrogens is 1. The van der Waals surface area contributed by atoms with E-state index in [0.717, 1.165) is 6.20 Å². The Labute approximate surface area is 166 Å². The Hall–Kier alpha value is -3.72. The monoisotopic (exact) mass is 423 g/mol. The van der Waals surface area contributed by atoms with Gasteiger partial charge in [0.05, 0.1) is 17.9 Å². The maximum atomic E-state index is 14.4. The number of hydrogen-bond donors (Lipinski definition) is 2. The van der Waals surface area contributed by atoms with E-state index in [1.54, 1.807) is 0 Å². The van der Waals surface area contributed by atoms with Gasteiger partial charge in [-0.15, -0.1) is 0 Å². The number of nitrogens with two attached hydrogens (primary N) is 1. The number of nitrogens with one attached hydrogen (secondary N) is 1. The zero-order valence-electron chi connectivity index (χ0n) is 15.0. The lowest BCUT2D eigenvalue weighted by Gasteiger charge is -2.33. The van der Waals surface area contributed by atoms with Crippen LogP contribution >= 0.6 is 0 Å². The molecule has 1 unspecified atom stereocenters. The topological polar surface area (TPSA) is 123 Å². The van der Waals surface area contributed by atoms with E-state index >= 15 is 0 Å². The summed E-state index contributed by atoms with van der Waals surface area (Å²) in [6, 6.07) is 5.36. The third kappa shape index (κ3) is 4.15. The highest BCUT2D eigenvalue weighted by Crippen LogP contribution is 2.38. The standard InChI is InChI=1S/C18H13F4N5O3/c19-11-4-12(20)13(26-17(28)30-15-2-1-9(5-23)6-25-15)3-10(11)18(16(21)22)8-29-7-14(24)27-18/h1-4,6,16H,7-8H2,(H2,24,27)(H,26,28). The van der Waals surface area contributed by atoms with Crippen LogP contribution in [0.2, 0.25) is 0 Å². The lowest BCUT2D eigenvalue weighted by Crippen LogP contribution is -2.45. The van der Waals surface area contributed by atoms with Crippen LogP contribution in [0.3, 0.4) is 0 Å². The third-order valence-corrected chi connectivity index (χ3v) is 4.10. The number of benzene rings is 1. The van der Waals surface area contributed by atoms with E-state index < -0.39 is 47.5 Å². The van der Waals surface area contributed by atoms with E-state index in [4.69, 9.17) is 20.5 Å². The number of hydrogen-bond acceptors (Lipinski definition) is 7. The summed E-state index contributed by atoms with van der Waals surface area (Å²) in [6.07, 6.45) is -3.33. The van der Waals surface area contributed by atoms with Gasteiger partial charge in [-0.05, 0) is 12.1 Å². The van der Waals surface area contributed by atoms with Gasteiger partial charge >= 0.3 is 6.09 Å². The van der Waals surface area contributed by atoms with E-state index in [2.05, 4.69) is 9.98 Å². The molecule has 0 spiro atoms. The molecule has 30 heavy (non-hydrogen) atoms. The Morgan fingerprint density at radius 2 is 2.10 bits per heavy atom. The Kier molecular flexibility index (Phi) is 5.84. The smallest absolute Gasteiger partial charge is 0.391 e. The molecule has 0 fully saturated rings. The molecule has 1 aliphatic rings. The molecule has 0 radical (unpaired) electrons. The van der Waals surface area contributed by atoms with Crippen LogP contribution < -0.4 is 15.8 Å². The number of aliphatic imine (C=N–C) groups is 1. The predicted molar refractivity (Wildman–Crippen MR) is 95.1 cm³/mol. The van der Waals surface area contributed by atoms with Crippen molar-refractivity contribution in [1.82, 2.24) is 4.98 Å². The summed E-state index contributed by atoms with van der Waals surface area (Å²) in [5, 5.41) is 10.7. The summed E-state index contributed by atoms with van der Waals surface area (Å²) < 4.78 is 66.0. The Morgan fingerprint density at radius 1 is 1.33 bits per heavy atom. The number of pyridine rings is 1. The number of rotatable bonds is 4. The minimum atomic E-state index is -3.24. The second kappa shape index (κ2) is 8.34. The van der Waals surface area contributed by atoms with Crippen LogP contribution in [0, 0.1) is 23.0 Å². The highest BCUT2D eigenvalue weighted by molar-refractivity contribution is 5.86. The van der Waals surface area contributed by atoms with E-state index in [0.29, 0.717) is 12.1 Å². The maximum absolute atomic E-state index is 14.4. The molecule has 1 aliphatic heterocycles. The summed E-state index contributed by atoms with van der Waals surface area (Å²) in [6.45, 7) is -0.917. The van der Waals surface area contributed by atoms with Gasteiger partial charge in [0.2, 0.25) is 5.88 Å². The predicted octanol–water partition coefficient (Wildman–Crippen LogP) is 2.69. The van der Waals surface area contributed by atoms with Gasteiger partial charge in [0.1, 0.15) is 30.1 Å². The number of ether oxygens (including phenoxy) is 2. The third-order valence-electron chi connectivity index (χ3n) is 4.10. The summed E-state index contributed by atoms with van der Waals surface area (Å²) in [5.74, 6) is -3.05. The molecule has 0 aliphatic carbocycles. The maximum Gasteiger partial charge on any atom is 0.418 e. The molecule has 0 saturated heterocycles. The van der Waals surface area contributed by atoms with Gasteiger partial charge in [-0.1, -0.05) is 0 Å². The van der Waals surface area contributed by atoms with Crippen LogP contribution in [-0.4, -0.2) is 36.6 Å². The molecule has 2 aromatic rings. The van der Waals surface area contributed by atoms with Crippen molar-refractivity contribution in [3.63, 3.8) is 0 Å². The normalized spacial score (nSPS) is 18.5. The van der Waals surface area contributed by atoms with E-state index in [1.165, 1.54) is 12.1 Å². The fourth-order valence-corrected chi connectivity index (χ4v) is 2.71. The summed E-state index contributed by atoms with van der Waals surface area (Å²) in [4.78, 5) is 19.4. The SMILES string of the molecule is N#Cc1ccc(OC(=O)Nc2cc(C3(C(F)F)COCC(N)=N3)c(F)cc2F)nc1. The number of halogens is 4. The summed E-state index contributed by atoms with van der Waals surface area (Å²) in [5.41, 5.74) is 1.83. The number of alkyl halides is 2. The van der Waals surface area contributed by atoms with Crippen molar-refractivity contribution in [3.05, 3.63) is 53.2 Å². The molecule has 0 saturated carbocycles. The van der Waals surface area contributed by atoms with Crippen molar-refractivity contribution in [1.29, 1.82) is 5.26 Å². The summed E-state index contributed by atoms with van der Waals surface area (Å²) >= 11 is 0. The van der Waals surface area contributed by atoms with Gasteiger partial charge in [-0.2, -0.15) is 5.26 Å². The van der Waals surface area contributed by atoms with Crippen molar-refractivity contribution in [2.45, 2.75) is 12.0 Å². The molecule has 1 atom stereocenters. The van der Waals surface area contributed by atoms with Gasteiger partial charge in [0.15, 0.2) is 5.54 Å². The van der Waals surface area contributed by atoms with Crippen LogP contribution in [0.15, 0.2) is 35.5 Å². The molecule has 1 aromatic heterocycles. The highest BCUT2D eigenvalue weighted by Gasteiger charge is 2.46. The molecule has 3 rings (SSSR count). The van der Waals surface area contributed by atoms with Crippen molar-refractivity contribution in [2.24, 2.45) is 10.7 Å². The Balaban J connectivity index is 1.90. The Bertz CT molecular complexity index is 1040. The van der Waals surface area contributed by atoms with Gasteiger partial charge in [-0.25, -0.2) is 27.3 Å². The molecule has 2 heterocycles. The van der Waals surface area contributed by atoms with Crippen molar-refractivity contribution >= 4 is 17.6 Å². The van der Waals surface area contributed by atoms with Crippen LogP contribution in [0.5, 0.6) is 5.88 Å². The quantitative estimate of drug-likeness (QED) is 0.729. The average Bonchev–Trinajstić information content (AvgIpc) is 2.70. The van der Waals surface area contributed by atoms with Crippen LogP contribution in [-0.2, 0) is 10.3 Å². The fraction of sp³-hybridized carbons (Fsp3) is 0.222. The highest BCUT2D eigenvalue weighted by atomic mass is 19.3. The largest absolute Gasteiger partial charge is 0.418 e. The number of carbonyl (C=O) groups excluding carboxylic acids is 1. The number of nitrogens with zero attached hydrogens (tertiary/aromatic N) is 3. The van der Waals surface area contributed by atoms with Crippen LogP contribution in [0.4, 0.5) is 28.0 Å². The number of amidine groups is 1. The molecule has 0 bridgehead atoms. The molecule has 156 valence electrons. The van der Waals surface area contributed by atoms with E-state index in [1.807, 2.05) is 11.4 Å². The number of carbonyl (C=O) groups is 1. The first-order valence-electron chi connectivity index (χ1n) is 8.30. The van der Waals surface area contributed by atoms with Crippen LogP contribution in [0.1, 0.15) is 11.1 Å². The fourth-order valence-electron chi connectivity index (χ4n) is 2.71.